The second-order valence-electron chi connectivity index (χ2n) is 7.04. The fourth-order valence-electron chi connectivity index (χ4n) is 3.42. The van der Waals surface area contributed by atoms with Crippen molar-refractivity contribution in [2.24, 2.45) is 0 Å². The number of amides is 4. The number of carbonyl (C=O) groups is 4. The lowest BCUT2D eigenvalue weighted by molar-refractivity contribution is -0.137. The Morgan fingerprint density at radius 1 is 1.29 bits per heavy atom. The van der Waals surface area contributed by atoms with Crippen molar-refractivity contribution < 1.29 is 27.6 Å². The zero-order chi connectivity index (χ0) is 22.3. The summed E-state index contributed by atoms with van der Waals surface area (Å²) < 4.78 is 27.6. The number of imide groups is 1. The van der Waals surface area contributed by atoms with Crippen LogP contribution in [-0.4, -0.2) is 48.0 Å². The molecule has 3 N–H and O–H groups in total. The molecule has 11 nitrogen and oxygen atoms in total. The zero-order valence-corrected chi connectivity index (χ0v) is 17.8. The molecule has 2 aliphatic heterocycles. The van der Waals surface area contributed by atoms with E-state index < -0.39 is 27.9 Å². The molecule has 0 bridgehead atoms. The van der Waals surface area contributed by atoms with Crippen molar-refractivity contribution in [2.45, 2.75) is 36.6 Å². The second kappa shape index (κ2) is 7.74. The molecule has 1 aromatic heterocycles. The Morgan fingerprint density at radius 2 is 2.06 bits per heavy atom. The van der Waals surface area contributed by atoms with E-state index in [4.69, 9.17) is 0 Å². The van der Waals surface area contributed by atoms with E-state index in [1.807, 2.05) is 0 Å². The van der Waals surface area contributed by atoms with Crippen LogP contribution in [0.25, 0.3) is 0 Å². The van der Waals surface area contributed by atoms with Gasteiger partial charge in [0.05, 0.1) is 6.20 Å². The van der Waals surface area contributed by atoms with Gasteiger partial charge in [-0.2, -0.15) is 0 Å². The van der Waals surface area contributed by atoms with Crippen LogP contribution < -0.4 is 15.4 Å². The van der Waals surface area contributed by atoms with Crippen molar-refractivity contribution in [3.63, 3.8) is 0 Å². The monoisotopic (exact) mass is 463 g/mol. The zero-order valence-electron chi connectivity index (χ0n) is 16.2. The number of hydrogen-bond acceptors (Lipinski definition) is 8. The maximum Gasteiger partial charge on any atom is 0.273 e. The smallest absolute Gasteiger partial charge is 0.273 e. The van der Waals surface area contributed by atoms with Crippen LogP contribution in [0.1, 0.15) is 35.7 Å². The van der Waals surface area contributed by atoms with E-state index in [2.05, 4.69) is 20.3 Å². The SMILES string of the molecule is CC(=O)Nc1ncc(S(=O)(=O)Nc2ccc3c(c2)C(=O)N(C2CCC(=O)NC2=O)C3)s1. The molecule has 1 fully saturated rings. The summed E-state index contributed by atoms with van der Waals surface area (Å²) in [7, 11) is -3.98. The number of carbonyl (C=O) groups excluding carboxylic acids is 4. The van der Waals surface area contributed by atoms with Crippen LogP contribution >= 0.6 is 11.3 Å². The van der Waals surface area contributed by atoms with Gasteiger partial charge in [0.1, 0.15) is 6.04 Å². The van der Waals surface area contributed by atoms with Crippen LogP contribution in [0.15, 0.2) is 28.6 Å². The Labute approximate surface area is 180 Å². The van der Waals surface area contributed by atoms with E-state index in [0.717, 1.165) is 17.5 Å². The standard InChI is InChI=1S/C18H17N5O6S2/c1-9(24)20-18-19-7-15(30-18)31(28,29)22-11-3-2-10-8-23(17(27)12(10)6-11)13-4-5-14(25)21-16(13)26/h2-3,6-7,13,22H,4-5,8H2,1H3,(H,19,20,24)(H,21,25,26). The molecule has 162 valence electrons. The summed E-state index contributed by atoms with van der Waals surface area (Å²) in [6.45, 7) is 1.48. The number of anilines is 2. The van der Waals surface area contributed by atoms with Crippen LogP contribution in [0.4, 0.5) is 10.8 Å². The van der Waals surface area contributed by atoms with E-state index in [9.17, 15) is 27.6 Å². The van der Waals surface area contributed by atoms with Gasteiger partial charge in [0.15, 0.2) is 9.34 Å². The Morgan fingerprint density at radius 3 is 2.77 bits per heavy atom. The number of hydrogen-bond donors (Lipinski definition) is 3. The number of thiazole rings is 1. The Hall–Kier alpha value is -3.32. The number of aromatic nitrogens is 1. The van der Waals surface area contributed by atoms with Gasteiger partial charge in [0, 0.05) is 31.1 Å². The highest BCUT2D eigenvalue weighted by molar-refractivity contribution is 7.94. The Bertz CT molecular complexity index is 1220. The summed E-state index contributed by atoms with van der Waals surface area (Å²) in [5, 5.41) is 4.80. The van der Waals surface area contributed by atoms with Gasteiger partial charge in [-0.05, 0) is 24.1 Å². The fraction of sp³-hybridized carbons (Fsp3) is 0.278. The molecule has 1 saturated heterocycles. The Kier molecular flexibility index (Phi) is 5.23. The predicted octanol–water partition coefficient (Wildman–Crippen LogP) is 0.663. The average Bonchev–Trinajstić information content (AvgIpc) is 3.27. The van der Waals surface area contributed by atoms with Crippen molar-refractivity contribution in [3.05, 3.63) is 35.5 Å². The highest BCUT2D eigenvalue weighted by atomic mass is 32.2. The van der Waals surface area contributed by atoms with Gasteiger partial charge in [-0.1, -0.05) is 17.4 Å². The summed E-state index contributed by atoms with van der Waals surface area (Å²) in [6.07, 6.45) is 1.52. The molecule has 0 radical (unpaired) electrons. The summed E-state index contributed by atoms with van der Waals surface area (Å²) in [6, 6.07) is 3.80. The maximum absolute atomic E-state index is 12.9. The predicted molar refractivity (Wildman–Crippen MR) is 110 cm³/mol. The summed E-state index contributed by atoms with van der Waals surface area (Å²) in [4.78, 5) is 52.7. The largest absolute Gasteiger partial charge is 0.322 e. The molecule has 13 heteroatoms. The van der Waals surface area contributed by atoms with Crippen molar-refractivity contribution in [3.8, 4) is 0 Å². The normalized spacial score (nSPS) is 18.5. The minimum Gasteiger partial charge on any atom is -0.322 e. The first-order valence-corrected chi connectivity index (χ1v) is 11.5. The number of benzene rings is 1. The van der Waals surface area contributed by atoms with Gasteiger partial charge in [-0.15, -0.1) is 0 Å². The van der Waals surface area contributed by atoms with Crippen LogP contribution in [-0.2, 0) is 31.0 Å². The lowest BCUT2D eigenvalue weighted by atomic mass is 10.0. The molecule has 4 amide bonds. The van der Waals surface area contributed by atoms with Crippen LogP contribution in [0, 0.1) is 0 Å². The van der Waals surface area contributed by atoms with Crippen molar-refractivity contribution in [1.82, 2.24) is 15.2 Å². The first-order chi connectivity index (χ1) is 14.6. The number of fused-ring (bicyclic) bond motifs is 1. The van der Waals surface area contributed by atoms with Crippen LogP contribution in [0.5, 0.6) is 0 Å². The van der Waals surface area contributed by atoms with E-state index in [1.54, 1.807) is 6.07 Å². The summed E-state index contributed by atoms with van der Waals surface area (Å²) >= 11 is 0.792. The third kappa shape index (κ3) is 4.14. The molecule has 1 unspecified atom stereocenters. The lowest BCUT2D eigenvalue weighted by Gasteiger charge is -2.29. The topological polar surface area (TPSA) is 155 Å². The lowest BCUT2D eigenvalue weighted by Crippen LogP contribution is -2.52. The van der Waals surface area contributed by atoms with Crippen LogP contribution in [0.2, 0.25) is 0 Å². The molecular formula is C18H17N5O6S2. The highest BCUT2D eigenvalue weighted by Crippen LogP contribution is 2.31. The molecule has 31 heavy (non-hydrogen) atoms. The average molecular weight is 463 g/mol. The highest BCUT2D eigenvalue weighted by Gasteiger charge is 2.39. The van der Waals surface area contributed by atoms with Crippen molar-refractivity contribution >= 4 is 55.8 Å². The molecular weight excluding hydrogens is 446 g/mol. The molecule has 0 saturated carbocycles. The maximum atomic E-state index is 12.9. The van der Waals surface area contributed by atoms with Gasteiger partial charge >= 0.3 is 0 Å². The molecule has 1 atom stereocenters. The van der Waals surface area contributed by atoms with E-state index in [-0.39, 0.29) is 51.8 Å². The first kappa shape index (κ1) is 20.9. The number of rotatable bonds is 5. The Balaban J connectivity index is 1.52. The van der Waals surface area contributed by atoms with E-state index >= 15 is 0 Å². The minimum atomic E-state index is -3.98. The molecule has 4 rings (SSSR count). The quantitative estimate of drug-likeness (QED) is 0.550. The van der Waals surface area contributed by atoms with Crippen molar-refractivity contribution in [1.29, 1.82) is 0 Å². The van der Waals surface area contributed by atoms with Gasteiger partial charge in [0.2, 0.25) is 17.7 Å². The number of piperidine rings is 1. The molecule has 0 spiro atoms. The third-order valence-electron chi connectivity index (χ3n) is 4.81. The van der Waals surface area contributed by atoms with Gasteiger partial charge < -0.3 is 10.2 Å². The summed E-state index contributed by atoms with van der Waals surface area (Å²) in [5.41, 5.74) is 1.11. The van der Waals surface area contributed by atoms with Gasteiger partial charge in [-0.3, -0.25) is 29.2 Å². The minimum absolute atomic E-state index is 0.103. The number of nitrogens with zero attached hydrogens (tertiary/aromatic N) is 2. The fourth-order valence-corrected chi connectivity index (χ4v) is 5.54. The summed E-state index contributed by atoms with van der Waals surface area (Å²) in [5.74, 6) is -1.66. The molecule has 3 heterocycles. The van der Waals surface area contributed by atoms with Gasteiger partial charge in [0.25, 0.3) is 15.9 Å². The van der Waals surface area contributed by atoms with Crippen LogP contribution in [0.3, 0.4) is 0 Å². The van der Waals surface area contributed by atoms with Crippen molar-refractivity contribution in [2.75, 3.05) is 10.0 Å². The number of sulfonamides is 1. The third-order valence-corrected chi connectivity index (χ3v) is 7.57. The van der Waals surface area contributed by atoms with E-state index in [0.29, 0.717) is 5.56 Å². The molecule has 2 aliphatic rings. The van der Waals surface area contributed by atoms with E-state index in [1.165, 1.54) is 24.0 Å². The molecule has 0 aliphatic carbocycles. The van der Waals surface area contributed by atoms with Gasteiger partial charge in [-0.25, -0.2) is 13.4 Å². The number of nitrogens with one attached hydrogen (secondary N) is 3. The first-order valence-electron chi connectivity index (χ1n) is 9.18. The second-order valence-corrected chi connectivity index (χ2v) is 9.98. The molecule has 2 aromatic rings. The molecule has 1 aromatic carbocycles.